The Morgan fingerprint density at radius 1 is 1.38 bits per heavy atom. The molecule has 1 aromatic heterocycles. The summed E-state index contributed by atoms with van der Waals surface area (Å²) >= 11 is 5.75. The molecule has 1 atom stereocenters. The molecule has 0 saturated heterocycles. The lowest BCUT2D eigenvalue weighted by Gasteiger charge is -2.43. The van der Waals surface area contributed by atoms with Crippen molar-refractivity contribution in [2.45, 2.75) is 26.4 Å². The van der Waals surface area contributed by atoms with Gasteiger partial charge in [-0.25, -0.2) is 9.78 Å². The van der Waals surface area contributed by atoms with Gasteiger partial charge in [-0.05, 0) is 11.5 Å². The zero-order valence-corrected chi connectivity index (χ0v) is 13.1. The minimum atomic E-state index is -1.46. The Labute approximate surface area is 129 Å². The van der Waals surface area contributed by atoms with Gasteiger partial charge in [0.25, 0.3) is 0 Å². The Morgan fingerprint density at radius 3 is 2.38 bits per heavy atom. The molecule has 0 aliphatic rings. The van der Waals surface area contributed by atoms with Crippen LogP contribution in [-0.2, 0) is 5.60 Å². The fraction of sp³-hybridized carbons (Fsp3) is 0.571. The average molecular weight is 317 g/mol. The molecule has 118 valence electrons. The second-order valence-corrected chi connectivity index (χ2v) is 6.29. The maximum atomic E-state index is 11.2. The number of hydrogen-bond donors (Lipinski definition) is 3. The first kappa shape index (κ1) is 17.7. The van der Waals surface area contributed by atoms with Crippen LogP contribution in [0.3, 0.4) is 0 Å². The van der Waals surface area contributed by atoms with Crippen LogP contribution in [0.15, 0.2) is 18.3 Å². The van der Waals surface area contributed by atoms with E-state index in [1.54, 1.807) is 32.9 Å². The third-order valence-electron chi connectivity index (χ3n) is 3.51. The summed E-state index contributed by atoms with van der Waals surface area (Å²) in [7, 11) is 0. The monoisotopic (exact) mass is 316 g/mol. The molecule has 0 fully saturated rings. The predicted octanol–water partition coefficient (Wildman–Crippen LogP) is 1.94. The van der Waals surface area contributed by atoms with Crippen LogP contribution < -0.4 is 0 Å². The highest BCUT2D eigenvalue weighted by atomic mass is 35.5. The van der Waals surface area contributed by atoms with Crippen molar-refractivity contribution in [1.29, 1.82) is 0 Å². The number of pyridine rings is 1. The fourth-order valence-electron chi connectivity index (χ4n) is 2.02. The third-order valence-corrected chi connectivity index (χ3v) is 3.73. The molecule has 1 aromatic rings. The van der Waals surface area contributed by atoms with Crippen LogP contribution >= 0.6 is 11.6 Å². The van der Waals surface area contributed by atoms with E-state index >= 15 is 0 Å². The minimum absolute atomic E-state index is 0.0747. The first-order chi connectivity index (χ1) is 9.61. The molecule has 3 N–H and O–H groups in total. The van der Waals surface area contributed by atoms with Crippen LogP contribution in [0, 0.1) is 5.41 Å². The summed E-state index contributed by atoms with van der Waals surface area (Å²) < 4.78 is 0. The summed E-state index contributed by atoms with van der Waals surface area (Å²) in [5.41, 5.74) is -1.63. The highest BCUT2D eigenvalue weighted by molar-refractivity contribution is 6.29. The number of carbonyl (C=O) groups is 1. The quantitative estimate of drug-likeness (QED) is 0.722. The van der Waals surface area contributed by atoms with Crippen molar-refractivity contribution in [2.75, 3.05) is 19.7 Å². The van der Waals surface area contributed by atoms with Crippen molar-refractivity contribution >= 4 is 17.7 Å². The Hall–Kier alpha value is -1.37. The van der Waals surface area contributed by atoms with Crippen LogP contribution in [0.4, 0.5) is 4.79 Å². The molecule has 6 nitrogen and oxygen atoms in total. The Balaban J connectivity index is 3.21. The van der Waals surface area contributed by atoms with Crippen LogP contribution in [0.5, 0.6) is 0 Å². The predicted molar refractivity (Wildman–Crippen MR) is 79.3 cm³/mol. The van der Waals surface area contributed by atoms with E-state index in [9.17, 15) is 15.0 Å². The van der Waals surface area contributed by atoms with Crippen LogP contribution in [0.25, 0.3) is 0 Å². The second kappa shape index (κ2) is 6.60. The zero-order valence-electron chi connectivity index (χ0n) is 12.4. The van der Waals surface area contributed by atoms with E-state index in [1.807, 2.05) is 0 Å². The van der Waals surface area contributed by atoms with Crippen LogP contribution in [0.1, 0.15) is 26.3 Å². The Bertz CT molecular complexity index is 487. The summed E-state index contributed by atoms with van der Waals surface area (Å²) in [4.78, 5) is 16.2. The summed E-state index contributed by atoms with van der Waals surface area (Å²) in [6, 6.07) is 3.17. The molecule has 7 heteroatoms. The van der Waals surface area contributed by atoms with Gasteiger partial charge in [-0.1, -0.05) is 38.4 Å². The number of amides is 1. The second-order valence-electron chi connectivity index (χ2n) is 5.91. The number of rotatable bonds is 5. The van der Waals surface area contributed by atoms with Gasteiger partial charge in [0.1, 0.15) is 10.8 Å². The third kappa shape index (κ3) is 4.06. The van der Waals surface area contributed by atoms with Gasteiger partial charge >= 0.3 is 6.09 Å². The lowest BCUT2D eigenvalue weighted by atomic mass is 9.72. The standard InChI is InChI=1S/C14H21ClN2O4/c1-13(2,3)14(21,9-17(6-7-18)12(19)20)10-4-5-11(15)16-8-10/h4-5,8,18,21H,6-7,9H2,1-3H3,(H,19,20). The Morgan fingerprint density at radius 2 is 2.00 bits per heavy atom. The van der Waals surface area contributed by atoms with Gasteiger partial charge in [0.15, 0.2) is 0 Å². The molecule has 1 amide bonds. The van der Waals surface area contributed by atoms with Gasteiger partial charge in [0.05, 0.1) is 13.2 Å². The first-order valence-corrected chi connectivity index (χ1v) is 6.93. The molecule has 21 heavy (non-hydrogen) atoms. The topological polar surface area (TPSA) is 93.9 Å². The number of carboxylic acid groups (broad SMARTS) is 1. The van der Waals surface area contributed by atoms with Crippen molar-refractivity contribution in [2.24, 2.45) is 5.41 Å². The molecule has 1 heterocycles. The molecule has 1 unspecified atom stereocenters. The molecule has 0 aliphatic carbocycles. The molecule has 0 radical (unpaired) electrons. The molecular formula is C14H21ClN2O4. The highest BCUT2D eigenvalue weighted by Crippen LogP contribution is 2.40. The van der Waals surface area contributed by atoms with Gasteiger partial charge in [-0.15, -0.1) is 0 Å². The van der Waals surface area contributed by atoms with Gasteiger partial charge in [-0.2, -0.15) is 0 Å². The molecule has 0 bridgehead atoms. The fourth-order valence-corrected chi connectivity index (χ4v) is 2.13. The van der Waals surface area contributed by atoms with Crippen molar-refractivity contribution in [3.63, 3.8) is 0 Å². The van der Waals surface area contributed by atoms with Crippen LogP contribution in [0.2, 0.25) is 5.15 Å². The SMILES string of the molecule is CC(C)(C)C(O)(CN(CCO)C(=O)O)c1ccc(Cl)nc1. The number of aliphatic hydroxyl groups is 2. The molecule has 0 aromatic carbocycles. The largest absolute Gasteiger partial charge is 0.465 e. The number of halogens is 1. The number of aliphatic hydroxyl groups excluding tert-OH is 1. The van der Waals surface area contributed by atoms with Gasteiger partial charge in [0.2, 0.25) is 0 Å². The lowest BCUT2D eigenvalue weighted by Crippen LogP contribution is -2.51. The minimum Gasteiger partial charge on any atom is -0.465 e. The van der Waals surface area contributed by atoms with E-state index in [-0.39, 0.29) is 19.7 Å². The van der Waals surface area contributed by atoms with Gasteiger partial charge < -0.3 is 20.2 Å². The van der Waals surface area contributed by atoms with E-state index < -0.39 is 17.1 Å². The van der Waals surface area contributed by atoms with Gasteiger partial charge in [0, 0.05) is 18.3 Å². The lowest BCUT2D eigenvalue weighted by molar-refractivity contribution is -0.0840. The van der Waals surface area contributed by atoms with Crippen molar-refractivity contribution < 1.29 is 20.1 Å². The number of hydrogen-bond acceptors (Lipinski definition) is 4. The molecular weight excluding hydrogens is 296 g/mol. The van der Waals surface area contributed by atoms with E-state index in [4.69, 9.17) is 16.7 Å². The summed E-state index contributed by atoms with van der Waals surface area (Å²) in [5.74, 6) is 0. The number of aromatic nitrogens is 1. The average Bonchev–Trinajstić information content (AvgIpc) is 2.37. The smallest absolute Gasteiger partial charge is 0.407 e. The maximum absolute atomic E-state index is 11.2. The summed E-state index contributed by atoms with van der Waals surface area (Å²) in [6.45, 7) is 4.86. The van der Waals surface area contributed by atoms with E-state index in [0.717, 1.165) is 4.90 Å². The van der Waals surface area contributed by atoms with Crippen molar-refractivity contribution in [3.8, 4) is 0 Å². The van der Waals surface area contributed by atoms with Crippen molar-refractivity contribution in [1.82, 2.24) is 9.88 Å². The van der Waals surface area contributed by atoms with Crippen LogP contribution in [-0.4, -0.2) is 51.0 Å². The molecule has 1 rings (SSSR count). The summed E-state index contributed by atoms with van der Waals surface area (Å²) in [6.07, 6.45) is 0.237. The van der Waals surface area contributed by atoms with E-state index in [1.165, 1.54) is 6.20 Å². The zero-order chi connectivity index (χ0) is 16.3. The molecule has 0 saturated carbocycles. The van der Waals surface area contributed by atoms with Crippen molar-refractivity contribution in [3.05, 3.63) is 29.0 Å². The molecule has 0 aliphatic heterocycles. The van der Waals surface area contributed by atoms with E-state index in [0.29, 0.717) is 10.7 Å². The summed E-state index contributed by atoms with van der Waals surface area (Å²) in [5, 5.41) is 29.5. The Kier molecular flexibility index (Phi) is 5.55. The molecule has 0 spiro atoms. The normalized spacial score (nSPS) is 14.6. The van der Waals surface area contributed by atoms with Gasteiger partial charge in [-0.3, -0.25) is 0 Å². The first-order valence-electron chi connectivity index (χ1n) is 6.55. The van der Waals surface area contributed by atoms with E-state index in [2.05, 4.69) is 4.98 Å². The maximum Gasteiger partial charge on any atom is 0.407 e. The highest BCUT2D eigenvalue weighted by Gasteiger charge is 2.44. The number of nitrogens with zero attached hydrogens (tertiary/aromatic N) is 2.